The molecule has 0 atom stereocenters. The third-order valence-corrected chi connectivity index (χ3v) is 8.66. The fraction of sp³-hybridized carbons (Fsp3) is 0.143. The summed E-state index contributed by atoms with van der Waals surface area (Å²) in [7, 11) is -4.02. The highest BCUT2D eigenvalue weighted by Gasteiger charge is 2.26. The molecule has 1 aliphatic heterocycles. The van der Waals surface area contributed by atoms with Gasteiger partial charge < -0.3 is 14.5 Å². The summed E-state index contributed by atoms with van der Waals surface area (Å²) in [6.07, 6.45) is 1.73. The molecule has 3 aromatic carbocycles. The Balaban J connectivity index is 1.29. The van der Waals surface area contributed by atoms with Crippen molar-refractivity contribution in [1.82, 2.24) is 9.88 Å². The van der Waals surface area contributed by atoms with E-state index >= 15 is 0 Å². The molecule has 1 aliphatic rings. The third kappa shape index (κ3) is 6.52. The van der Waals surface area contributed by atoms with Gasteiger partial charge in [-0.2, -0.15) is 0 Å². The van der Waals surface area contributed by atoms with Crippen molar-refractivity contribution in [2.24, 2.45) is 0 Å². The number of hydrogen-bond donors (Lipinski definition) is 1. The molecule has 1 amide bonds. The van der Waals surface area contributed by atoms with Crippen LogP contribution in [0.2, 0.25) is 10.0 Å². The summed E-state index contributed by atoms with van der Waals surface area (Å²) in [5.74, 6) is 1.39. The molecule has 8 nitrogen and oxygen atoms in total. The van der Waals surface area contributed by atoms with Crippen LogP contribution in [-0.4, -0.2) is 50.4 Å². The van der Waals surface area contributed by atoms with Crippen LogP contribution in [0.5, 0.6) is 11.5 Å². The number of aromatic nitrogens is 1. The summed E-state index contributed by atoms with van der Waals surface area (Å²) in [6.45, 7) is 2.07. The van der Waals surface area contributed by atoms with Crippen molar-refractivity contribution in [1.29, 1.82) is 0 Å². The number of anilines is 2. The summed E-state index contributed by atoms with van der Waals surface area (Å²) in [6, 6.07) is 21.2. The molecule has 0 radical (unpaired) electrons. The van der Waals surface area contributed by atoms with Gasteiger partial charge in [0.1, 0.15) is 17.3 Å². The van der Waals surface area contributed by atoms with E-state index in [-0.39, 0.29) is 22.1 Å². The van der Waals surface area contributed by atoms with Gasteiger partial charge in [0.25, 0.3) is 15.9 Å². The van der Waals surface area contributed by atoms with Crippen molar-refractivity contribution in [3.8, 4) is 11.5 Å². The Kier molecular flexibility index (Phi) is 8.51. The van der Waals surface area contributed by atoms with Gasteiger partial charge in [-0.3, -0.25) is 9.52 Å². The minimum absolute atomic E-state index is 0.00275. The first-order chi connectivity index (χ1) is 19.2. The Bertz CT molecular complexity index is 1630. The monoisotopic (exact) mass is 660 g/mol. The number of sulfonamides is 1. The summed E-state index contributed by atoms with van der Waals surface area (Å²) >= 11 is 15.7. The summed E-state index contributed by atoms with van der Waals surface area (Å²) in [5.41, 5.74) is 0.313. The molecule has 40 heavy (non-hydrogen) atoms. The molecule has 1 fully saturated rings. The number of piperazine rings is 1. The molecule has 0 aliphatic carbocycles. The van der Waals surface area contributed by atoms with Gasteiger partial charge in [-0.05, 0) is 82.7 Å². The van der Waals surface area contributed by atoms with Gasteiger partial charge in [-0.25, -0.2) is 13.4 Å². The fourth-order valence-corrected chi connectivity index (χ4v) is 5.85. The van der Waals surface area contributed by atoms with Gasteiger partial charge in [-0.1, -0.05) is 35.3 Å². The van der Waals surface area contributed by atoms with Crippen molar-refractivity contribution in [3.05, 3.63) is 105 Å². The fourth-order valence-electron chi connectivity index (χ4n) is 4.19. The standard InChI is InChI=1S/C28H23BrCl2N4O4S/c29-19-5-12-27(32-18-19)34-13-15-35(16-14-34)28(36)23-17-20(30)6-11-25(23)33-40(37,38)22-9-7-21(8-10-22)39-26-4-2-1-3-24(26)31/h1-12,17-18,33H,13-16H2. The Morgan fingerprint density at radius 3 is 2.33 bits per heavy atom. The van der Waals surface area contributed by atoms with Crippen molar-refractivity contribution in [3.63, 3.8) is 0 Å². The largest absolute Gasteiger partial charge is 0.456 e. The van der Waals surface area contributed by atoms with Gasteiger partial charge in [0.15, 0.2) is 0 Å². The van der Waals surface area contributed by atoms with Crippen LogP contribution in [-0.2, 0) is 10.0 Å². The highest BCUT2D eigenvalue weighted by molar-refractivity contribution is 9.10. The van der Waals surface area contributed by atoms with Crippen LogP contribution in [0.3, 0.4) is 0 Å². The molecule has 1 N–H and O–H groups in total. The first-order valence-electron chi connectivity index (χ1n) is 12.2. The highest BCUT2D eigenvalue weighted by Crippen LogP contribution is 2.30. The minimum Gasteiger partial charge on any atom is -0.456 e. The lowest BCUT2D eigenvalue weighted by atomic mass is 10.1. The average Bonchev–Trinajstić information content (AvgIpc) is 2.95. The van der Waals surface area contributed by atoms with E-state index in [2.05, 4.69) is 30.5 Å². The van der Waals surface area contributed by atoms with Crippen molar-refractivity contribution in [2.45, 2.75) is 4.90 Å². The first kappa shape index (κ1) is 28.2. The van der Waals surface area contributed by atoms with Crippen molar-refractivity contribution >= 4 is 66.6 Å². The molecule has 0 unspecified atom stereocenters. The number of carbonyl (C=O) groups excluding carboxylic acids is 1. The number of benzene rings is 3. The summed E-state index contributed by atoms with van der Waals surface area (Å²) in [4.78, 5) is 21.7. The van der Waals surface area contributed by atoms with E-state index in [1.807, 2.05) is 12.1 Å². The first-order valence-corrected chi connectivity index (χ1v) is 15.2. The Labute approximate surface area is 250 Å². The Hall–Kier alpha value is -3.31. The Morgan fingerprint density at radius 2 is 1.65 bits per heavy atom. The second kappa shape index (κ2) is 12.1. The number of para-hydroxylation sites is 1. The maximum absolute atomic E-state index is 13.5. The zero-order valence-corrected chi connectivity index (χ0v) is 24.8. The average molecular weight is 662 g/mol. The molecular weight excluding hydrogens is 639 g/mol. The van der Waals surface area contributed by atoms with Gasteiger partial charge in [0.05, 0.1) is 21.2 Å². The summed E-state index contributed by atoms with van der Waals surface area (Å²) in [5, 5.41) is 0.761. The molecule has 1 aromatic heterocycles. The topological polar surface area (TPSA) is 91.8 Å². The molecule has 0 saturated carbocycles. The minimum atomic E-state index is -4.02. The normalized spacial score (nSPS) is 13.7. The SMILES string of the molecule is O=C(c1cc(Cl)ccc1NS(=O)(=O)c1ccc(Oc2ccccc2Cl)cc1)N1CCN(c2ccc(Br)cn2)CC1. The van der Waals surface area contributed by atoms with E-state index in [0.29, 0.717) is 47.7 Å². The Morgan fingerprint density at radius 1 is 0.925 bits per heavy atom. The lowest BCUT2D eigenvalue weighted by Gasteiger charge is -2.35. The lowest BCUT2D eigenvalue weighted by molar-refractivity contribution is 0.0747. The number of rotatable bonds is 7. The smallest absolute Gasteiger partial charge is 0.261 e. The molecule has 0 bridgehead atoms. The van der Waals surface area contributed by atoms with Gasteiger partial charge >= 0.3 is 0 Å². The highest BCUT2D eigenvalue weighted by atomic mass is 79.9. The number of carbonyl (C=O) groups is 1. The van der Waals surface area contributed by atoms with Crippen LogP contribution in [0.15, 0.2) is 94.4 Å². The van der Waals surface area contributed by atoms with Crippen LogP contribution in [0.25, 0.3) is 0 Å². The van der Waals surface area contributed by atoms with Gasteiger partial charge in [-0.15, -0.1) is 0 Å². The second-order valence-electron chi connectivity index (χ2n) is 8.91. The molecule has 1 saturated heterocycles. The second-order valence-corrected chi connectivity index (χ2v) is 12.4. The number of nitrogens with one attached hydrogen (secondary N) is 1. The predicted octanol–water partition coefficient (Wildman–Crippen LogP) is 6.71. The number of nitrogens with zero attached hydrogens (tertiary/aromatic N) is 3. The van der Waals surface area contributed by atoms with Crippen LogP contribution in [0.4, 0.5) is 11.5 Å². The molecule has 206 valence electrons. The number of amides is 1. The lowest BCUT2D eigenvalue weighted by Crippen LogP contribution is -2.49. The summed E-state index contributed by atoms with van der Waals surface area (Å²) < 4.78 is 35.7. The zero-order valence-electron chi connectivity index (χ0n) is 20.9. The quantitative estimate of drug-likeness (QED) is 0.237. The zero-order chi connectivity index (χ0) is 28.3. The van der Waals surface area contributed by atoms with Crippen LogP contribution in [0, 0.1) is 0 Å². The van der Waals surface area contributed by atoms with Crippen LogP contribution in [0.1, 0.15) is 10.4 Å². The van der Waals surface area contributed by atoms with Crippen LogP contribution >= 0.6 is 39.1 Å². The van der Waals surface area contributed by atoms with Gasteiger partial charge in [0, 0.05) is 41.9 Å². The van der Waals surface area contributed by atoms with E-state index in [4.69, 9.17) is 27.9 Å². The number of hydrogen-bond acceptors (Lipinski definition) is 6. The predicted molar refractivity (Wildman–Crippen MR) is 160 cm³/mol. The van der Waals surface area contributed by atoms with E-state index in [1.54, 1.807) is 35.4 Å². The number of halogens is 3. The van der Waals surface area contributed by atoms with E-state index in [1.165, 1.54) is 42.5 Å². The van der Waals surface area contributed by atoms with E-state index in [9.17, 15) is 13.2 Å². The van der Waals surface area contributed by atoms with Gasteiger partial charge in [0.2, 0.25) is 0 Å². The van der Waals surface area contributed by atoms with E-state index in [0.717, 1.165) is 10.3 Å². The molecular formula is C28H23BrCl2N4O4S. The van der Waals surface area contributed by atoms with Crippen molar-refractivity contribution in [2.75, 3.05) is 35.8 Å². The number of pyridine rings is 1. The molecule has 12 heteroatoms. The van der Waals surface area contributed by atoms with Crippen LogP contribution < -0.4 is 14.4 Å². The van der Waals surface area contributed by atoms with Crippen molar-refractivity contribution < 1.29 is 17.9 Å². The maximum atomic E-state index is 13.5. The van der Waals surface area contributed by atoms with E-state index < -0.39 is 10.0 Å². The molecule has 2 heterocycles. The molecule has 5 rings (SSSR count). The molecule has 0 spiro atoms. The maximum Gasteiger partial charge on any atom is 0.261 e. The number of ether oxygens (including phenoxy) is 1. The third-order valence-electron chi connectivity index (χ3n) is 6.26. The molecule has 4 aromatic rings.